The van der Waals surface area contributed by atoms with Crippen molar-refractivity contribution in [2.75, 3.05) is 11.1 Å². The SMILES string of the molecule is CC(=O)Nc1cc(Cl)c(Oc2ccc3c(c2)c(=O)ncn3Cc2c(F)cc(F)cc2F)c(Cl)c1.Nc1cc(Cl)c(Oc2ccc3c(c2)c(=O)ncn3Cc2c(F)cc(F)cc2F)c(Cl)c1. The van der Waals surface area contributed by atoms with Gasteiger partial charge in [-0.3, -0.25) is 14.4 Å². The van der Waals surface area contributed by atoms with E-state index in [4.69, 9.17) is 61.6 Å². The van der Waals surface area contributed by atoms with E-state index in [2.05, 4.69) is 15.3 Å². The molecule has 0 aliphatic carbocycles. The molecule has 0 aliphatic heterocycles. The fraction of sp³-hybridized carbons (Fsp3) is 0.0682. The van der Waals surface area contributed by atoms with Crippen LogP contribution in [0.25, 0.3) is 21.8 Å². The van der Waals surface area contributed by atoms with Gasteiger partial charge < -0.3 is 29.7 Å². The molecule has 0 atom stereocenters. The van der Waals surface area contributed by atoms with Crippen LogP contribution in [0.15, 0.2) is 107 Å². The molecule has 2 heterocycles. The van der Waals surface area contributed by atoms with Crippen molar-refractivity contribution in [3.8, 4) is 23.0 Å². The van der Waals surface area contributed by atoms with Crippen LogP contribution in [0.2, 0.25) is 20.1 Å². The highest BCUT2D eigenvalue weighted by molar-refractivity contribution is 6.38. The Morgan fingerprint density at radius 1 is 0.600 bits per heavy atom. The van der Waals surface area contributed by atoms with Crippen molar-refractivity contribution < 1.29 is 40.6 Å². The Labute approximate surface area is 382 Å². The summed E-state index contributed by atoms with van der Waals surface area (Å²) >= 11 is 24.7. The maximum atomic E-state index is 14.1. The number of aromatic nitrogens is 4. The number of anilines is 2. The molecule has 8 aromatic rings. The van der Waals surface area contributed by atoms with Crippen molar-refractivity contribution >= 4 is 85.5 Å². The van der Waals surface area contributed by atoms with E-state index in [0.29, 0.717) is 46.7 Å². The second kappa shape index (κ2) is 19.1. The highest BCUT2D eigenvalue weighted by Gasteiger charge is 2.18. The third-order valence-electron chi connectivity index (χ3n) is 9.29. The predicted octanol–water partition coefficient (Wildman–Crippen LogP) is 11.5. The van der Waals surface area contributed by atoms with Gasteiger partial charge in [0, 0.05) is 53.7 Å². The van der Waals surface area contributed by atoms with Crippen LogP contribution in [-0.2, 0) is 17.9 Å². The lowest BCUT2D eigenvalue weighted by Gasteiger charge is -2.14. The largest absolute Gasteiger partial charge is 0.454 e. The van der Waals surface area contributed by atoms with E-state index in [1.54, 1.807) is 0 Å². The Morgan fingerprint density at radius 2 is 0.969 bits per heavy atom. The third kappa shape index (κ3) is 10.4. The monoisotopic (exact) mass is 972 g/mol. The number of halogens is 10. The Morgan fingerprint density at radius 3 is 1.34 bits per heavy atom. The lowest BCUT2D eigenvalue weighted by Crippen LogP contribution is -2.14. The molecule has 0 radical (unpaired) electrons. The molecule has 21 heteroatoms. The summed E-state index contributed by atoms with van der Waals surface area (Å²) in [5.41, 5.74) is 5.13. The van der Waals surface area contributed by atoms with E-state index in [9.17, 15) is 40.7 Å². The molecule has 0 saturated carbocycles. The van der Waals surface area contributed by atoms with Gasteiger partial charge in [-0.15, -0.1) is 0 Å². The summed E-state index contributed by atoms with van der Waals surface area (Å²) in [5.74, 6) is -5.90. The van der Waals surface area contributed by atoms with E-state index >= 15 is 0 Å². The molecule has 0 saturated heterocycles. The van der Waals surface area contributed by atoms with Crippen molar-refractivity contribution in [3.05, 3.63) is 184 Å². The lowest BCUT2D eigenvalue weighted by molar-refractivity contribution is -0.114. The van der Waals surface area contributed by atoms with Gasteiger partial charge in [-0.2, -0.15) is 9.97 Å². The van der Waals surface area contributed by atoms with Gasteiger partial charge in [0.05, 0.1) is 67.6 Å². The van der Waals surface area contributed by atoms with Crippen LogP contribution in [0.1, 0.15) is 18.1 Å². The van der Waals surface area contributed by atoms with Gasteiger partial charge in [-0.1, -0.05) is 46.4 Å². The van der Waals surface area contributed by atoms with E-state index in [0.717, 1.165) is 12.7 Å². The summed E-state index contributed by atoms with van der Waals surface area (Å²) < 4.78 is 96.9. The van der Waals surface area contributed by atoms with Gasteiger partial charge in [0.2, 0.25) is 5.91 Å². The fourth-order valence-corrected chi connectivity index (χ4v) is 7.54. The van der Waals surface area contributed by atoms with Crippen LogP contribution in [0, 0.1) is 34.9 Å². The first-order chi connectivity index (χ1) is 30.8. The van der Waals surface area contributed by atoms with Gasteiger partial charge in [-0.25, -0.2) is 26.3 Å². The number of nitrogens with two attached hydrogens (primary N) is 1. The first kappa shape index (κ1) is 46.2. The van der Waals surface area contributed by atoms with E-state index in [-0.39, 0.29) is 84.0 Å². The zero-order valence-corrected chi connectivity index (χ0v) is 35.9. The molecule has 1 amide bonds. The number of carbonyl (C=O) groups is 1. The van der Waals surface area contributed by atoms with Crippen LogP contribution in [-0.4, -0.2) is 25.0 Å². The van der Waals surface area contributed by atoms with Crippen molar-refractivity contribution in [2.45, 2.75) is 20.0 Å². The summed E-state index contributed by atoms with van der Waals surface area (Å²) in [7, 11) is 0. The average Bonchev–Trinajstić information content (AvgIpc) is 3.22. The van der Waals surface area contributed by atoms with Gasteiger partial charge in [0.25, 0.3) is 11.1 Å². The molecule has 3 N–H and O–H groups in total. The molecule has 0 fully saturated rings. The summed E-state index contributed by atoms with van der Waals surface area (Å²) in [4.78, 5) is 43.4. The fourth-order valence-electron chi connectivity index (χ4n) is 6.39. The van der Waals surface area contributed by atoms with Crippen LogP contribution < -0.4 is 31.6 Å². The summed E-state index contributed by atoms with van der Waals surface area (Å²) in [6.45, 7) is 0.697. The second-order valence-corrected chi connectivity index (χ2v) is 15.5. The zero-order valence-electron chi connectivity index (χ0n) is 32.8. The topological polar surface area (TPSA) is 143 Å². The Hall–Kier alpha value is -6.79. The van der Waals surface area contributed by atoms with E-state index < -0.39 is 46.0 Å². The minimum absolute atomic E-state index is 0.0939. The van der Waals surface area contributed by atoms with Gasteiger partial charge in [-0.05, 0) is 60.7 Å². The number of nitrogen functional groups attached to an aromatic ring is 1. The lowest BCUT2D eigenvalue weighted by atomic mass is 10.1. The van der Waals surface area contributed by atoms with Gasteiger partial charge >= 0.3 is 0 Å². The van der Waals surface area contributed by atoms with Crippen molar-refractivity contribution in [1.82, 2.24) is 19.1 Å². The minimum atomic E-state index is -1.06. The van der Waals surface area contributed by atoms with Gasteiger partial charge in [0.15, 0.2) is 11.5 Å². The number of nitrogens with zero attached hydrogens (tertiary/aromatic N) is 4. The zero-order chi connectivity index (χ0) is 46.9. The molecule has 8 rings (SSSR count). The minimum Gasteiger partial charge on any atom is -0.454 e. The summed E-state index contributed by atoms with van der Waals surface area (Å²) in [6.07, 6.45) is 2.29. The smallest absolute Gasteiger partial charge is 0.280 e. The summed E-state index contributed by atoms with van der Waals surface area (Å²) in [6, 6.07) is 17.0. The number of hydrogen-bond donors (Lipinski definition) is 2. The van der Waals surface area contributed by atoms with Crippen LogP contribution in [0.3, 0.4) is 0 Å². The molecule has 65 heavy (non-hydrogen) atoms. The number of nitrogens with one attached hydrogen (secondary N) is 1. The van der Waals surface area contributed by atoms with Crippen LogP contribution in [0.4, 0.5) is 37.7 Å². The molecule has 0 spiro atoms. The number of amides is 1. The number of carbonyl (C=O) groups excluding carboxylic acids is 1. The van der Waals surface area contributed by atoms with Gasteiger partial charge in [0.1, 0.15) is 46.4 Å². The Bertz CT molecular complexity index is 3250. The average molecular weight is 975 g/mol. The molecule has 332 valence electrons. The van der Waals surface area contributed by atoms with Crippen molar-refractivity contribution in [1.29, 1.82) is 0 Å². The maximum Gasteiger partial charge on any atom is 0.280 e. The molecular weight excluding hydrogens is 948 g/mol. The first-order valence-electron chi connectivity index (χ1n) is 18.5. The van der Waals surface area contributed by atoms with Crippen molar-refractivity contribution in [3.63, 3.8) is 0 Å². The van der Waals surface area contributed by atoms with E-state index in [1.165, 1.54) is 76.7 Å². The number of rotatable bonds is 9. The number of ether oxygens (including phenoxy) is 2. The molecule has 11 nitrogen and oxygen atoms in total. The normalized spacial score (nSPS) is 11.1. The molecule has 0 aliphatic rings. The Balaban J connectivity index is 0.000000195. The number of hydrogen-bond acceptors (Lipinski definition) is 8. The molecule has 6 aromatic carbocycles. The Kier molecular flexibility index (Phi) is 13.6. The van der Waals surface area contributed by atoms with Crippen LogP contribution in [0.5, 0.6) is 23.0 Å². The standard InChI is InChI=1S/C23H14Cl2F3N3O3.C21H12Cl2F3N3O2/c1-11(32)30-13-6-17(24)22(18(25)7-13)34-14-2-3-21-15(8-14)23(33)29-10-31(21)9-16-19(27)4-12(26)5-20(16)28;22-15-5-11(27)6-16(23)20(15)31-12-1-2-19-13(7-12)21(30)28-9-29(19)8-14-17(25)3-10(24)4-18(14)26/h2-8,10H,9H2,1H3,(H,30,32);1-7,9H,8,27H2. The maximum absolute atomic E-state index is 14.1. The molecular formula is C44H26Cl4F6N6O5. The molecule has 2 aromatic heterocycles. The second-order valence-electron chi connectivity index (χ2n) is 13.9. The quantitative estimate of drug-likeness (QED) is 0.107. The van der Waals surface area contributed by atoms with Crippen LogP contribution >= 0.6 is 46.4 Å². The molecule has 0 unspecified atom stereocenters. The van der Waals surface area contributed by atoms with Crippen molar-refractivity contribution in [2.24, 2.45) is 0 Å². The highest BCUT2D eigenvalue weighted by Crippen LogP contribution is 2.40. The van der Waals surface area contributed by atoms with E-state index in [1.807, 2.05) is 0 Å². The third-order valence-corrected chi connectivity index (χ3v) is 10.4. The number of benzene rings is 6. The molecule has 0 bridgehead atoms. The summed E-state index contributed by atoms with van der Waals surface area (Å²) in [5, 5.41) is 3.37. The highest BCUT2D eigenvalue weighted by atomic mass is 35.5. The number of fused-ring (bicyclic) bond motifs is 2. The first-order valence-corrected chi connectivity index (χ1v) is 20.0. The predicted molar refractivity (Wildman–Crippen MR) is 235 cm³/mol.